The van der Waals surface area contributed by atoms with Crippen LogP contribution in [-0.2, 0) is 9.59 Å². The molecule has 2 amide bonds. The SMILES string of the molecule is C=CCN1C(=O)C(Nc2cc(Cl)ccc2OC)=C(c2ccc(C)cc2)C1=O. The van der Waals surface area contributed by atoms with E-state index in [0.717, 1.165) is 10.5 Å². The van der Waals surface area contributed by atoms with Crippen molar-refractivity contribution in [2.75, 3.05) is 19.0 Å². The number of benzene rings is 2. The normalized spacial score (nSPS) is 14.0. The lowest BCUT2D eigenvalue weighted by Crippen LogP contribution is -2.32. The fraction of sp³-hybridized carbons (Fsp3) is 0.143. The largest absolute Gasteiger partial charge is 0.495 e. The molecule has 0 unspecified atom stereocenters. The van der Waals surface area contributed by atoms with Crippen molar-refractivity contribution >= 4 is 34.7 Å². The van der Waals surface area contributed by atoms with Crippen LogP contribution < -0.4 is 10.1 Å². The van der Waals surface area contributed by atoms with Gasteiger partial charge in [0.2, 0.25) is 0 Å². The molecule has 0 bridgehead atoms. The smallest absolute Gasteiger partial charge is 0.278 e. The number of amides is 2. The second-order valence-corrected chi connectivity index (χ2v) is 6.53. The molecule has 0 aromatic heterocycles. The Morgan fingerprint density at radius 1 is 1.15 bits per heavy atom. The number of methoxy groups -OCH3 is 1. The van der Waals surface area contributed by atoms with E-state index < -0.39 is 5.91 Å². The fourth-order valence-corrected chi connectivity index (χ4v) is 3.06. The predicted octanol–water partition coefficient (Wildman–Crippen LogP) is 4.04. The van der Waals surface area contributed by atoms with Crippen LogP contribution in [0.4, 0.5) is 5.69 Å². The summed E-state index contributed by atoms with van der Waals surface area (Å²) in [6.07, 6.45) is 1.52. The van der Waals surface area contributed by atoms with Gasteiger partial charge in [0.15, 0.2) is 0 Å². The summed E-state index contributed by atoms with van der Waals surface area (Å²) >= 11 is 6.09. The number of halogens is 1. The molecule has 3 rings (SSSR count). The Labute approximate surface area is 162 Å². The van der Waals surface area contributed by atoms with E-state index in [1.165, 1.54) is 13.2 Å². The summed E-state index contributed by atoms with van der Waals surface area (Å²) in [7, 11) is 1.52. The molecule has 138 valence electrons. The molecule has 0 spiro atoms. The topological polar surface area (TPSA) is 58.6 Å². The van der Waals surface area contributed by atoms with Gasteiger partial charge in [0.25, 0.3) is 11.8 Å². The van der Waals surface area contributed by atoms with Gasteiger partial charge < -0.3 is 10.1 Å². The van der Waals surface area contributed by atoms with Gasteiger partial charge in [-0.25, -0.2) is 0 Å². The molecule has 6 heteroatoms. The minimum Gasteiger partial charge on any atom is -0.495 e. The monoisotopic (exact) mass is 382 g/mol. The van der Waals surface area contributed by atoms with E-state index in [9.17, 15) is 9.59 Å². The van der Waals surface area contributed by atoms with Gasteiger partial charge in [-0.15, -0.1) is 6.58 Å². The van der Waals surface area contributed by atoms with Gasteiger partial charge in [0.1, 0.15) is 11.4 Å². The lowest BCUT2D eigenvalue weighted by Gasteiger charge is -2.14. The van der Waals surface area contributed by atoms with Crippen molar-refractivity contribution in [1.82, 2.24) is 4.90 Å². The maximum atomic E-state index is 12.9. The maximum Gasteiger partial charge on any atom is 0.278 e. The van der Waals surface area contributed by atoms with Crippen LogP contribution in [0, 0.1) is 6.92 Å². The van der Waals surface area contributed by atoms with Crippen LogP contribution >= 0.6 is 11.6 Å². The number of hydrogen-bond donors (Lipinski definition) is 1. The van der Waals surface area contributed by atoms with Gasteiger partial charge in [0.05, 0.1) is 18.4 Å². The molecule has 1 heterocycles. The van der Waals surface area contributed by atoms with E-state index in [0.29, 0.717) is 27.6 Å². The Bertz CT molecular complexity index is 948. The highest BCUT2D eigenvalue weighted by molar-refractivity contribution is 6.36. The van der Waals surface area contributed by atoms with E-state index in [1.54, 1.807) is 18.2 Å². The first kappa shape index (κ1) is 18.7. The van der Waals surface area contributed by atoms with Crippen LogP contribution in [0.5, 0.6) is 5.75 Å². The summed E-state index contributed by atoms with van der Waals surface area (Å²) in [5.74, 6) is -0.276. The lowest BCUT2D eigenvalue weighted by molar-refractivity contribution is -0.136. The molecule has 0 saturated carbocycles. The third-order valence-corrected chi connectivity index (χ3v) is 4.48. The van der Waals surface area contributed by atoms with Crippen molar-refractivity contribution in [3.63, 3.8) is 0 Å². The van der Waals surface area contributed by atoms with Gasteiger partial charge in [-0.3, -0.25) is 14.5 Å². The zero-order valence-electron chi connectivity index (χ0n) is 15.1. The van der Waals surface area contributed by atoms with Crippen LogP contribution in [-0.4, -0.2) is 30.4 Å². The Kier molecular flexibility index (Phi) is 5.33. The van der Waals surface area contributed by atoms with Gasteiger partial charge >= 0.3 is 0 Å². The highest BCUT2D eigenvalue weighted by Gasteiger charge is 2.38. The second kappa shape index (κ2) is 7.68. The molecular weight excluding hydrogens is 364 g/mol. The van der Waals surface area contributed by atoms with Gasteiger partial charge in [-0.1, -0.05) is 47.5 Å². The van der Waals surface area contributed by atoms with Crippen LogP contribution in [0.3, 0.4) is 0 Å². The molecule has 1 aliphatic heterocycles. The third-order valence-electron chi connectivity index (χ3n) is 4.24. The average Bonchev–Trinajstić information content (AvgIpc) is 2.88. The van der Waals surface area contributed by atoms with E-state index in [1.807, 2.05) is 31.2 Å². The van der Waals surface area contributed by atoms with Gasteiger partial charge in [-0.2, -0.15) is 0 Å². The number of nitrogens with one attached hydrogen (secondary N) is 1. The quantitative estimate of drug-likeness (QED) is 0.605. The summed E-state index contributed by atoms with van der Waals surface area (Å²) in [6.45, 7) is 5.72. The predicted molar refractivity (Wildman–Crippen MR) is 107 cm³/mol. The standard InChI is InChI=1S/C21H19ClN2O3/c1-4-11-24-20(25)18(14-7-5-13(2)6-8-14)19(21(24)26)23-16-12-15(22)9-10-17(16)27-3/h4-10,12,23H,1,11H2,2-3H3. The van der Waals surface area contributed by atoms with E-state index in [-0.39, 0.29) is 18.1 Å². The number of aryl methyl sites for hydroxylation is 1. The number of hydrogen-bond acceptors (Lipinski definition) is 4. The first-order valence-electron chi connectivity index (χ1n) is 8.35. The number of rotatable bonds is 6. The zero-order valence-corrected chi connectivity index (χ0v) is 15.8. The van der Waals surface area contributed by atoms with Crippen LogP contribution in [0.1, 0.15) is 11.1 Å². The van der Waals surface area contributed by atoms with E-state index >= 15 is 0 Å². The highest BCUT2D eigenvalue weighted by atomic mass is 35.5. The molecular formula is C21H19ClN2O3. The van der Waals surface area contributed by atoms with Crippen molar-refractivity contribution in [3.05, 3.63) is 77.0 Å². The minimum absolute atomic E-state index is 0.130. The Hall–Kier alpha value is -3.05. The Morgan fingerprint density at radius 2 is 1.85 bits per heavy atom. The molecule has 0 atom stereocenters. The summed E-state index contributed by atoms with van der Waals surface area (Å²) in [6, 6.07) is 12.5. The molecule has 5 nitrogen and oxygen atoms in total. The summed E-state index contributed by atoms with van der Waals surface area (Å²) in [5.41, 5.74) is 2.72. The van der Waals surface area contributed by atoms with Crippen molar-refractivity contribution < 1.29 is 14.3 Å². The van der Waals surface area contributed by atoms with Crippen LogP contribution in [0.25, 0.3) is 5.57 Å². The molecule has 27 heavy (non-hydrogen) atoms. The third kappa shape index (κ3) is 3.59. The first-order valence-corrected chi connectivity index (χ1v) is 8.73. The lowest BCUT2D eigenvalue weighted by atomic mass is 10.0. The average molecular weight is 383 g/mol. The van der Waals surface area contributed by atoms with E-state index in [2.05, 4.69) is 11.9 Å². The molecule has 0 radical (unpaired) electrons. The summed E-state index contributed by atoms with van der Waals surface area (Å²) in [5, 5.41) is 3.54. The number of carbonyl (C=O) groups excluding carboxylic acids is 2. The number of anilines is 1. The van der Waals surface area contributed by atoms with Crippen molar-refractivity contribution in [2.45, 2.75) is 6.92 Å². The number of imide groups is 1. The molecule has 1 N–H and O–H groups in total. The molecule has 2 aromatic carbocycles. The molecule has 1 aliphatic rings. The molecule has 0 fully saturated rings. The van der Waals surface area contributed by atoms with Crippen molar-refractivity contribution in [2.24, 2.45) is 0 Å². The molecule has 0 saturated heterocycles. The molecule has 2 aromatic rings. The fourth-order valence-electron chi connectivity index (χ4n) is 2.89. The van der Waals surface area contributed by atoms with Gasteiger partial charge in [-0.05, 0) is 30.7 Å². The van der Waals surface area contributed by atoms with Crippen molar-refractivity contribution in [3.8, 4) is 5.75 Å². The number of nitrogens with zero attached hydrogens (tertiary/aromatic N) is 1. The Morgan fingerprint density at radius 3 is 2.48 bits per heavy atom. The molecule has 0 aliphatic carbocycles. The zero-order chi connectivity index (χ0) is 19.6. The Balaban J connectivity index is 2.12. The highest BCUT2D eigenvalue weighted by Crippen LogP contribution is 2.34. The second-order valence-electron chi connectivity index (χ2n) is 6.10. The van der Waals surface area contributed by atoms with Gasteiger partial charge in [0, 0.05) is 11.6 Å². The summed E-state index contributed by atoms with van der Waals surface area (Å²) in [4.78, 5) is 27.0. The van der Waals surface area contributed by atoms with E-state index in [4.69, 9.17) is 16.3 Å². The van der Waals surface area contributed by atoms with Crippen LogP contribution in [0.2, 0.25) is 5.02 Å². The number of carbonyl (C=O) groups is 2. The summed E-state index contributed by atoms with van der Waals surface area (Å²) < 4.78 is 5.33. The van der Waals surface area contributed by atoms with Crippen LogP contribution in [0.15, 0.2) is 60.8 Å². The maximum absolute atomic E-state index is 12.9. The van der Waals surface area contributed by atoms with Crippen molar-refractivity contribution in [1.29, 1.82) is 0 Å². The number of ether oxygens (including phenoxy) is 1. The first-order chi connectivity index (χ1) is 13.0. The minimum atomic E-state index is -0.419.